The van der Waals surface area contributed by atoms with Crippen molar-refractivity contribution in [2.45, 2.75) is 19.6 Å². The van der Waals surface area contributed by atoms with Crippen LogP contribution in [0.25, 0.3) is 11.3 Å². The van der Waals surface area contributed by atoms with E-state index < -0.39 is 0 Å². The summed E-state index contributed by atoms with van der Waals surface area (Å²) < 4.78 is 10.4. The number of hydrogen-bond acceptors (Lipinski definition) is 4. The Morgan fingerprint density at radius 1 is 1.41 bits per heavy atom. The maximum absolute atomic E-state index is 5.74. The lowest BCUT2D eigenvalue weighted by Crippen LogP contribution is -2.02. The second-order valence-electron chi connectivity index (χ2n) is 3.99. The fraction of sp³-hybridized carbons (Fsp3) is 0.308. The highest BCUT2D eigenvalue weighted by Gasteiger charge is 2.12. The predicted molar refractivity (Wildman–Crippen MR) is 65.3 cm³/mol. The van der Waals surface area contributed by atoms with Gasteiger partial charge in [0.2, 0.25) is 0 Å². The number of ether oxygens (including phenoxy) is 1. The molecule has 0 radical (unpaired) electrons. The Labute approximate surface area is 100 Å². The molecule has 0 fully saturated rings. The molecule has 2 rings (SSSR count). The first-order chi connectivity index (χ1) is 8.22. The SMILES string of the molecule is COCc1ccccc1-c1cc(C(C)N)on1. The number of aromatic nitrogens is 1. The Morgan fingerprint density at radius 3 is 2.82 bits per heavy atom. The van der Waals surface area contributed by atoms with Gasteiger partial charge in [-0.15, -0.1) is 0 Å². The number of methoxy groups -OCH3 is 1. The van der Waals surface area contributed by atoms with Crippen LogP contribution in [-0.4, -0.2) is 12.3 Å². The van der Waals surface area contributed by atoms with Crippen LogP contribution in [0, 0.1) is 0 Å². The van der Waals surface area contributed by atoms with Gasteiger partial charge in [-0.1, -0.05) is 29.4 Å². The molecule has 0 bridgehead atoms. The van der Waals surface area contributed by atoms with Crippen molar-refractivity contribution in [3.05, 3.63) is 41.7 Å². The average molecular weight is 232 g/mol. The minimum Gasteiger partial charge on any atom is -0.380 e. The third-order valence-electron chi connectivity index (χ3n) is 2.57. The van der Waals surface area contributed by atoms with E-state index in [0.29, 0.717) is 12.4 Å². The van der Waals surface area contributed by atoms with Crippen LogP contribution in [-0.2, 0) is 11.3 Å². The minimum absolute atomic E-state index is 0.147. The van der Waals surface area contributed by atoms with Crippen LogP contribution >= 0.6 is 0 Å². The van der Waals surface area contributed by atoms with Crippen molar-refractivity contribution >= 4 is 0 Å². The van der Waals surface area contributed by atoms with Crippen LogP contribution in [0.2, 0.25) is 0 Å². The summed E-state index contributed by atoms with van der Waals surface area (Å²) in [5.41, 5.74) is 8.64. The van der Waals surface area contributed by atoms with Crippen molar-refractivity contribution in [1.29, 1.82) is 0 Å². The average Bonchev–Trinajstić information content (AvgIpc) is 2.79. The predicted octanol–water partition coefficient (Wildman–Crippen LogP) is 2.51. The molecule has 2 aromatic rings. The normalized spacial score (nSPS) is 12.6. The smallest absolute Gasteiger partial charge is 0.153 e. The monoisotopic (exact) mass is 232 g/mol. The largest absolute Gasteiger partial charge is 0.380 e. The van der Waals surface area contributed by atoms with E-state index in [2.05, 4.69) is 5.16 Å². The van der Waals surface area contributed by atoms with Gasteiger partial charge in [-0.05, 0) is 12.5 Å². The zero-order valence-corrected chi connectivity index (χ0v) is 10.0. The summed E-state index contributed by atoms with van der Waals surface area (Å²) in [4.78, 5) is 0. The molecule has 2 N–H and O–H groups in total. The van der Waals surface area contributed by atoms with Gasteiger partial charge in [0.15, 0.2) is 5.76 Å². The van der Waals surface area contributed by atoms with Crippen LogP contribution in [0.3, 0.4) is 0 Å². The standard InChI is InChI=1S/C13H16N2O2/c1-9(14)13-7-12(15-17-13)11-6-4-3-5-10(11)8-16-2/h3-7,9H,8,14H2,1-2H3. The van der Waals surface area contributed by atoms with Crippen molar-refractivity contribution in [1.82, 2.24) is 5.16 Å². The van der Waals surface area contributed by atoms with Gasteiger partial charge in [0.25, 0.3) is 0 Å². The second kappa shape index (κ2) is 5.12. The summed E-state index contributed by atoms with van der Waals surface area (Å²) in [6, 6.07) is 9.68. The molecule has 0 saturated heterocycles. The summed E-state index contributed by atoms with van der Waals surface area (Å²) in [7, 11) is 1.67. The zero-order chi connectivity index (χ0) is 12.3. The fourth-order valence-corrected chi connectivity index (χ4v) is 1.68. The maximum Gasteiger partial charge on any atom is 0.153 e. The van der Waals surface area contributed by atoms with Crippen molar-refractivity contribution in [2.75, 3.05) is 7.11 Å². The summed E-state index contributed by atoms with van der Waals surface area (Å²) in [5, 5.41) is 4.04. The summed E-state index contributed by atoms with van der Waals surface area (Å²) in [6.07, 6.45) is 0. The van der Waals surface area contributed by atoms with E-state index in [1.54, 1.807) is 7.11 Å². The summed E-state index contributed by atoms with van der Waals surface area (Å²) >= 11 is 0. The van der Waals surface area contributed by atoms with Gasteiger partial charge < -0.3 is 15.0 Å². The van der Waals surface area contributed by atoms with E-state index in [4.69, 9.17) is 15.0 Å². The highest BCUT2D eigenvalue weighted by Crippen LogP contribution is 2.25. The molecule has 90 valence electrons. The van der Waals surface area contributed by atoms with Gasteiger partial charge in [-0.2, -0.15) is 0 Å². The first-order valence-corrected chi connectivity index (χ1v) is 5.51. The fourth-order valence-electron chi connectivity index (χ4n) is 1.68. The zero-order valence-electron chi connectivity index (χ0n) is 10.0. The molecular formula is C13H16N2O2. The lowest BCUT2D eigenvalue weighted by Gasteiger charge is -2.04. The molecule has 0 aliphatic carbocycles. The van der Waals surface area contributed by atoms with Gasteiger partial charge in [0.05, 0.1) is 12.6 Å². The first kappa shape index (κ1) is 11.8. The Bertz CT molecular complexity index is 492. The van der Waals surface area contributed by atoms with Gasteiger partial charge in [-0.25, -0.2) is 0 Å². The molecule has 4 heteroatoms. The van der Waals surface area contributed by atoms with E-state index in [9.17, 15) is 0 Å². The number of rotatable bonds is 4. The molecule has 1 atom stereocenters. The van der Waals surface area contributed by atoms with Gasteiger partial charge in [0, 0.05) is 18.7 Å². The quantitative estimate of drug-likeness (QED) is 0.879. The highest BCUT2D eigenvalue weighted by atomic mass is 16.5. The van der Waals surface area contributed by atoms with Crippen molar-refractivity contribution in [2.24, 2.45) is 5.73 Å². The van der Waals surface area contributed by atoms with Crippen LogP contribution in [0.15, 0.2) is 34.9 Å². The number of nitrogens with two attached hydrogens (primary N) is 1. The lowest BCUT2D eigenvalue weighted by molar-refractivity contribution is 0.185. The molecule has 17 heavy (non-hydrogen) atoms. The van der Waals surface area contributed by atoms with E-state index in [-0.39, 0.29) is 6.04 Å². The Balaban J connectivity index is 2.38. The van der Waals surface area contributed by atoms with E-state index >= 15 is 0 Å². The summed E-state index contributed by atoms with van der Waals surface area (Å²) in [6.45, 7) is 2.42. The highest BCUT2D eigenvalue weighted by molar-refractivity contribution is 5.63. The minimum atomic E-state index is -0.147. The van der Waals surface area contributed by atoms with E-state index in [0.717, 1.165) is 16.8 Å². The Kier molecular flexibility index (Phi) is 3.56. The molecule has 0 saturated carbocycles. The number of hydrogen-bond donors (Lipinski definition) is 1. The van der Waals surface area contributed by atoms with Crippen molar-refractivity contribution < 1.29 is 9.26 Å². The van der Waals surface area contributed by atoms with Crippen molar-refractivity contribution in [3.63, 3.8) is 0 Å². The lowest BCUT2D eigenvalue weighted by atomic mass is 10.0. The Hall–Kier alpha value is -1.65. The number of benzene rings is 1. The van der Waals surface area contributed by atoms with Gasteiger partial charge >= 0.3 is 0 Å². The van der Waals surface area contributed by atoms with Crippen LogP contribution in [0.1, 0.15) is 24.3 Å². The molecular weight excluding hydrogens is 216 g/mol. The maximum atomic E-state index is 5.74. The van der Waals surface area contributed by atoms with E-state index in [1.807, 2.05) is 37.3 Å². The molecule has 0 aliphatic rings. The molecule has 1 unspecified atom stereocenters. The Morgan fingerprint density at radius 2 is 2.18 bits per heavy atom. The molecule has 1 heterocycles. The molecule has 1 aromatic carbocycles. The summed E-state index contributed by atoms with van der Waals surface area (Å²) in [5.74, 6) is 0.687. The second-order valence-corrected chi connectivity index (χ2v) is 3.99. The molecule has 4 nitrogen and oxygen atoms in total. The number of nitrogens with zero attached hydrogens (tertiary/aromatic N) is 1. The third kappa shape index (κ3) is 2.54. The van der Waals surface area contributed by atoms with Crippen LogP contribution in [0.5, 0.6) is 0 Å². The van der Waals surface area contributed by atoms with Crippen LogP contribution < -0.4 is 5.73 Å². The molecule has 0 amide bonds. The topological polar surface area (TPSA) is 61.3 Å². The third-order valence-corrected chi connectivity index (χ3v) is 2.57. The molecule has 1 aromatic heterocycles. The first-order valence-electron chi connectivity index (χ1n) is 5.51. The molecule has 0 aliphatic heterocycles. The molecule has 0 spiro atoms. The van der Waals surface area contributed by atoms with Gasteiger partial charge in [0.1, 0.15) is 5.69 Å². The van der Waals surface area contributed by atoms with E-state index in [1.165, 1.54) is 0 Å². The van der Waals surface area contributed by atoms with Crippen LogP contribution in [0.4, 0.5) is 0 Å². The van der Waals surface area contributed by atoms with Crippen molar-refractivity contribution in [3.8, 4) is 11.3 Å². The van der Waals surface area contributed by atoms with Gasteiger partial charge in [-0.3, -0.25) is 0 Å².